The van der Waals surface area contributed by atoms with E-state index >= 15 is 0 Å². The summed E-state index contributed by atoms with van der Waals surface area (Å²) in [4.78, 5) is 12.4. The maximum Gasteiger partial charge on any atom is 0.225 e. The van der Waals surface area contributed by atoms with E-state index in [9.17, 15) is 13.6 Å². The van der Waals surface area contributed by atoms with Crippen LogP contribution in [-0.2, 0) is 18.4 Å². The van der Waals surface area contributed by atoms with E-state index < -0.39 is 11.6 Å². The Bertz CT molecular complexity index is 716. The fraction of sp³-hybridized carbons (Fsp3) is 0.375. The molecule has 7 heteroatoms. The number of rotatable bonds is 4. The topological polar surface area (TPSA) is 59.0 Å². The molecule has 0 saturated carbocycles. The zero-order valence-corrected chi connectivity index (χ0v) is 12.7. The zero-order valence-electron chi connectivity index (χ0n) is 12.7. The van der Waals surface area contributed by atoms with Crippen LogP contribution in [0.1, 0.15) is 17.0 Å². The molecule has 1 aliphatic rings. The van der Waals surface area contributed by atoms with E-state index in [1.54, 1.807) is 10.9 Å². The van der Waals surface area contributed by atoms with Crippen LogP contribution in [0, 0.1) is 17.6 Å². The summed E-state index contributed by atoms with van der Waals surface area (Å²) in [6.07, 6.45) is 3.66. The van der Waals surface area contributed by atoms with E-state index in [4.69, 9.17) is 0 Å². The highest BCUT2D eigenvalue weighted by atomic mass is 19.1. The molecule has 3 rings (SSSR count). The molecule has 1 aliphatic heterocycles. The van der Waals surface area contributed by atoms with Crippen LogP contribution in [0.2, 0.25) is 0 Å². The average Bonchev–Trinajstić information content (AvgIpc) is 3.14. The van der Waals surface area contributed by atoms with Gasteiger partial charge in [-0.3, -0.25) is 9.48 Å². The van der Waals surface area contributed by atoms with Crippen molar-refractivity contribution in [1.29, 1.82) is 0 Å². The number of hydrogen-bond donors (Lipinski definition) is 2. The van der Waals surface area contributed by atoms with E-state index in [2.05, 4.69) is 15.7 Å². The summed E-state index contributed by atoms with van der Waals surface area (Å²) in [7, 11) is 1.83. The van der Waals surface area contributed by atoms with Crippen molar-refractivity contribution in [2.24, 2.45) is 13.0 Å². The Morgan fingerprint density at radius 1 is 1.43 bits per heavy atom. The third-order valence-corrected chi connectivity index (χ3v) is 4.17. The number of halogens is 2. The van der Waals surface area contributed by atoms with Crippen LogP contribution >= 0.6 is 0 Å². The molecular weight excluding hydrogens is 302 g/mol. The van der Waals surface area contributed by atoms with Gasteiger partial charge in [-0.25, -0.2) is 8.78 Å². The Kier molecular flexibility index (Phi) is 4.38. The maximum absolute atomic E-state index is 13.6. The maximum atomic E-state index is 13.6. The van der Waals surface area contributed by atoms with E-state index in [1.165, 1.54) is 12.1 Å². The van der Waals surface area contributed by atoms with Gasteiger partial charge in [0.2, 0.25) is 5.91 Å². The Hall–Kier alpha value is -2.28. The molecule has 5 nitrogen and oxygen atoms in total. The van der Waals surface area contributed by atoms with Crippen LogP contribution < -0.4 is 10.6 Å². The minimum Gasteiger partial charge on any atom is -0.352 e. The normalized spacial score (nSPS) is 20.7. The summed E-state index contributed by atoms with van der Waals surface area (Å²) in [6, 6.07) is 3.34. The smallest absolute Gasteiger partial charge is 0.225 e. The van der Waals surface area contributed by atoms with E-state index in [0.29, 0.717) is 13.1 Å². The molecular formula is C16H18F2N4O. The molecule has 2 aromatic rings. The van der Waals surface area contributed by atoms with Gasteiger partial charge in [0, 0.05) is 50.4 Å². The van der Waals surface area contributed by atoms with Crippen LogP contribution in [0.5, 0.6) is 0 Å². The molecule has 0 unspecified atom stereocenters. The molecule has 1 amide bonds. The first-order valence-electron chi connectivity index (χ1n) is 7.45. The van der Waals surface area contributed by atoms with Crippen molar-refractivity contribution in [2.45, 2.75) is 12.5 Å². The molecule has 0 radical (unpaired) electrons. The van der Waals surface area contributed by atoms with Crippen molar-refractivity contribution in [3.63, 3.8) is 0 Å². The number of benzene rings is 1. The molecule has 1 aromatic heterocycles. The molecule has 2 N–H and O–H groups in total. The third kappa shape index (κ3) is 3.39. The van der Waals surface area contributed by atoms with Crippen molar-refractivity contribution in [2.75, 3.05) is 13.1 Å². The lowest BCUT2D eigenvalue weighted by Crippen LogP contribution is -2.34. The molecule has 2 atom stereocenters. The first kappa shape index (κ1) is 15.6. The number of hydrogen-bond acceptors (Lipinski definition) is 3. The van der Waals surface area contributed by atoms with Crippen LogP contribution in [0.25, 0.3) is 0 Å². The quantitative estimate of drug-likeness (QED) is 0.893. The van der Waals surface area contributed by atoms with Crippen molar-refractivity contribution in [1.82, 2.24) is 20.4 Å². The lowest BCUT2D eigenvalue weighted by atomic mass is 9.90. The van der Waals surface area contributed by atoms with Gasteiger partial charge in [0.05, 0.1) is 12.1 Å². The molecule has 0 spiro atoms. The second kappa shape index (κ2) is 6.45. The number of carbonyl (C=O) groups excluding carboxylic acids is 1. The second-order valence-electron chi connectivity index (χ2n) is 5.77. The van der Waals surface area contributed by atoms with Crippen LogP contribution in [-0.4, -0.2) is 28.8 Å². The number of carbonyl (C=O) groups is 1. The molecule has 0 bridgehead atoms. The summed E-state index contributed by atoms with van der Waals surface area (Å²) in [6.45, 7) is 1.31. The van der Waals surface area contributed by atoms with E-state index in [-0.39, 0.29) is 29.9 Å². The number of nitrogens with one attached hydrogen (secondary N) is 2. The van der Waals surface area contributed by atoms with Gasteiger partial charge in [-0.1, -0.05) is 6.07 Å². The lowest BCUT2D eigenvalue weighted by molar-refractivity contribution is -0.125. The van der Waals surface area contributed by atoms with Crippen molar-refractivity contribution in [3.8, 4) is 0 Å². The van der Waals surface area contributed by atoms with E-state index in [1.807, 2.05) is 13.2 Å². The monoisotopic (exact) mass is 320 g/mol. The molecule has 122 valence electrons. The van der Waals surface area contributed by atoms with Crippen LogP contribution in [0.3, 0.4) is 0 Å². The number of nitrogens with zero attached hydrogens (tertiary/aromatic N) is 2. The van der Waals surface area contributed by atoms with E-state index in [0.717, 1.165) is 11.6 Å². The van der Waals surface area contributed by atoms with Crippen LogP contribution in [0.4, 0.5) is 8.78 Å². The van der Waals surface area contributed by atoms with Gasteiger partial charge in [0.15, 0.2) is 0 Å². The molecule has 1 aromatic carbocycles. The Morgan fingerprint density at radius 3 is 2.96 bits per heavy atom. The summed E-state index contributed by atoms with van der Waals surface area (Å²) in [5, 5.41) is 10.1. The first-order valence-corrected chi connectivity index (χ1v) is 7.45. The second-order valence-corrected chi connectivity index (χ2v) is 5.77. The SMILES string of the molecule is Cn1cc([C@H]2CNC[C@@H]2C(=O)NCc2ccc(F)cc2F)cn1. The fourth-order valence-electron chi connectivity index (χ4n) is 2.91. The molecule has 23 heavy (non-hydrogen) atoms. The summed E-state index contributed by atoms with van der Waals surface area (Å²) < 4.78 is 28.2. The fourth-order valence-corrected chi connectivity index (χ4v) is 2.91. The van der Waals surface area contributed by atoms with Crippen molar-refractivity contribution < 1.29 is 13.6 Å². The summed E-state index contributed by atoms with van der Waals surface area (Å²) in [5.41, 5.74) is 1.27. The minimum absolute atomic E-state index is 0.0429. The van der Waals surface area contributed by atoms with Crippen LogP contribution in [0.15, 0.2) is 30.6 Å². The lowest BCUT2D eigenvalue weighted by Gasteiger charge is -2.17. The highest BCUT2D eigenvalue weighted by Crippen LogP contribution is 2.28. The number of aryl methyl sites for hydroxylation is 1. The summed E-state index contributed by atoms with van der Waals surface area (Å²) >= 11 is 0. The number of aromatic nitrogens is 2. The van der Waals surface area contributed by atoms with Gasteiger partial charge >= 0.3 is 0 Å². The van der Waals surface area contributed by atoms with Gasteiger partial charge in [-0.15, -0.1) is 0 Å². The zero-order chi connectivity index (χ0) is 16.4. The Labute approximate surface area is 132 Å². The van der Waals surface area contributed by atoms with Gasteiger partial charge in [0.25, 0.3) is 0 Å². The Morgan fingerprint density at radius 2 is 2.26 bits per heavy atom. The van der Waals surface area contributed by atoms with Crippen molar-refractivity contribution >= 4 is 5.91 Å². The predicted molar refractivity (Wildman–Crippen MR) is 80.5 cm³/mol. The minimum atomic E-state index is -0.654. The van der Waals surface area contributed by atoms with Gasteiger partial charge in [0.1, 0.15) is 11.6 Å². The largest absolute Gasteiger partial charge is 0.352 e. The highest BCUT2D eigenvalue weighted by Gasteiger charge is 2.34. The summed E-state index contributed by atoms with van der Waals surface area (Å²) in [5.74, 6) is -1.62. The Balaban J connectivity index is 1.65. The molecule has 1 fully saturated rings. The molecule has 2 heterocycles. The third-order valence-electron chi connectivity index (χ3n) is 4.17. The highest BCUT2D eigenvalue weighted by molar-refractivity contribution is 5.80. The van der Waals surface area contributed by atoms with Gasteiger partial charge in [-0.2, -0.15) is 5.10 Å². The standard InChI is InChI=1S/C16H18F2N4O/c1-22-9-11(6-21-22)13-7-19-8-14(13)16(23)20-5-10-2-3-12(17)4-15(10)18/h2-4,6,9,13-14,19H,5,7-8H2,1H3,(H,20,23)/t13-,14+/m1/s1. The molecule has 0 aliphatic carbocycles. The van der Waals surface area contributed by atoms with Gasteiger partial charge < -0.3 is 10.6 Å². The first-order chi connectivity index (χ1) is 11.0. The van der Waals surface area contributed by atoms with Crippen molar-refractivity contribution in [3.05, 3.63) is 53.4 Å². The predicted octanol–water partition coefficient (Wildman–Crippen LogP) is 1.32. The number of amides is 1. The van der Waals surface area contributed by atoms with Gasteiger partial charge in [-0.05, 0) is 11.6 Å². The average molecular weight is 320 g/mol. The molecule has 1 saturated heterocycles.